The first-order chi connectivity index (χ1) is 20.3. The molecule has 1 aromatic rings. The van der Waals surface area contributed by atoms with Crippen molar-refractivity contribution in [3.05, 3.63) is 29.8 Å². The van der Waals surface area contributed by atoms with Gasteiger partial charge in [-0.05, 0) is 77.1 Å². The zero-order valence-electron chi connectivity index (χ0n) is 25.9. The van der Waals surface area contributed by atoms with Gasteiger partial charge in [0.15, 0.2) is 5.60 Å². The molecule has 3 saturated heterocycles. The van der Waals surface area contributed by atoms with E-state index in [1.807, 2.05) is 26.8 Å². The summed E-state index contributed by atoms with van der Waals surface area (Å²) in [5.41, 5.74) is -1.23. The first-order valence-corrected chi connectivity index (χ1v) is 15.6. The smallest absolute Gasteiger partial charge is 0.313 e. The summed E-state index contributed by atoms with van der Waals surface area (Å²) in [4.78, 5) is 67.4. The molecular formula is C32H45N5O6. The van der Waals surface area contributed by atoms with Gasteiger partial charge in [-0.2, -0.15) is 0 Å². The van der Waals surface area contributed by atoms with Crippen LogP contribution in [0, 0.1) is 10.8 Å². The van der Waals surface area contributed by atoms with E-state index in [-0.39, 0.29) is 42.2 Å². The second kappa shape index (κ2) is 11.6. The second-order valence-electron chi connectivity index (χ2n) is 13.4. The van der Waals surface area contributed by atoms with Crippen molar-refractivity contribution in [1.29, 1.82) is 0 Å². The molecule has 1 aliphatic carbocycles. The van der Waals surface area contributed by atoms with Crippen LogP contribution in [0.5, 0.6) is 0 Å². The second-order valence-corrected chi connectivity index (χ2v) is 13.4. The lowest BCUT2D eigenvalue weighted by Crippen LogP contribution is -2.57. The van der Waals surface area contributed by atoms with Crippen molar-refractivity contribution in [1.82, 2.24) is 20.9 Å². The number of carbonyl (C=O) groups excluding carboxylic acids is 5. The van der Waals surface area contributed by atoms with Gasteiger partial charge in [0.2, 0.25) is 17.7 Å². The molecule has 0 aromatic heterocycles. The number of amides is 4. The van der Waals surface area contributed by atoms with Crippen LogP contribution in [0.4, 0.5) is 5.69 Å². The molecule has 0 spiro atoms. The third-order valence-corrected chi connectivity index (χ3v) is 10.9. The number of likely N-dealkylation sites (N-methyl/N-ethyl adjacent to an activating group) is 1. The lowest BCUT2D eigenvalue weighted by Gasteiger charge is -2.35. The molecular weight excluding hydrogens is 550 g/mol. The van der Waals surface area contributed by atoms with Crippen molar-refractivity contribution in [3.8, 4) is 0 Å². The summed E-state index contributed by atoms with van der Waals surface area (Å²) < 4.78 is 5.71. The number of hydrogen-bond donors (Lipinski definition) is 4. The van der Waals surface area contributed by atoms with Gasteiger partial charge in [0, 0.05) is 23.7 Å². The molecule has 43 heavy (non-hydrogen) atoms. The quantitative estimate of drug-likeness (QED) is 0.338. The average Bonchev–Trinajstić information content (AvgIpc) is 3.53. The summed E-state index contributed by atoms with van der Waals surface area (Å²) in [6.07, 6.45) is 5.57. The third kappa shape index (κ3) is 5.19. The minimum atomic E-state index is -1.22. The van der Waals surface area contributed by atoms with Crippen LogP contribution in [0.15, 0.2) is 24.3 Å². The summed E-state index contributed by atoms with van der Waals surface area (Å²) in [5.74, 6) is -1.33. The van der Waals surface area contributed by atoms with E-state index >= 15 is 0 Å². The number of hydrogen-bond acceptors (Lipinski definition) is 7. The van der Waals surface area contributed by atoms with Crippen molar-refractivity contribution in [2.45, 2.75) is 115 Å². The highest BCUT2D eigenvalue weighted by atomic mass is 16.6. The lowest BCUT2D eigenvalue weighted by atomic mass is 9.66. The SMILES string of the molecule is CN[C@@H](C)C(=O)NC1CCCC[C@H]2CCC(C(=O)NCc3cccc(NC(=O)C45CC[C@](C)(C(=O)O4)C5(C)C)c3)N2C1=O. The highest BCUT2D eigenvalue weighted by Crippen LogP contribution is 2.65. The zero-order valence-corrected chi connectivity index (χ0v) is 25.9. The molecule has 4 amide bonds. The third-order valence-electron chi connectivity index (χ3n) is 10.9. The number of nitrogens with zero attached hydrogens (tertiary/aromatic N) is 1. The number of nitrogens with one attached hydrogen (secondary N) is 4. The topological polar surface area (TPSA) is 146 Å². The van der Waals surface area contributed by atoms with Crippen molar-refractivity contribution in [3.63, 3.8) is 0 Å². The Balaban J connectivity index is 1.23. The van der Waals surface area contributed by atoms with E-state index in [9.17, 15) is 24.0 Å². The van der Waals surface area contributed by atoms with E-state index in [0.717, 1.165) is 31.2 Å². The summed E-state index contributed by atoms with van der Waals surface area (Å²) in [7, 11) is 1.70. The van der Waals surface area contributed by atoms with Gasteiger partial charge in [-0.15, -0.1) is 0 Å². The molecule has 2 bridgehead atoms. The van der Waals surface area contributed by atoms with Crippen LogP contribution in [0.2, 0.25) is 0 Å². The first kappa shape index (κ1) is 31.0. The molecule has 1 saturated carbocycles. The predicted octanol–water partition coefficient (Wildman–Crippen LogP) is 2.39. The van der Waals surface area contributed by atoms with Gasteiger partial charge in [0.1, 0.15) is 12.1 Å². The van der Waals surface area contributed by atoms with E-state index in [2.05, 4.69) is 21.3 Å². The number of ether oxygens (including phenoxy) is 1. The minimum Gasteiger partial charge on any atom is -0.448 e. The van der Waals surface area contributed by atoms with Gasteiger partial charge < -0.3 is 30.9 Å². The van der Waals surface area contributed by atoms with E-state index in [1.165, 1.54) is 0 Å². The van der Waals surface area contributed by atoms with E-state index in [4.69, 9.17) is 4.74 Å². The van der Waals surface area contributed by atoms with Crippen molar-refractivity contribution < 1.29 is 28.7 Å². The molecule has 4 aliphatic rings. The van der Waals surface area contributed by atoms with Crippen LogP contribution in [0.25, 0.3) is 0 Å². The number of carbonyl (C=O) groups is 5. The highest BCUT2D eigenvalue weighted by Gasteiger charge is 2.75. The summed E-state index contributed by atoms with van der Waals surface area (Å²) in [6.45, 7) is 7.66. The maximum absolute atomic E-state index is 13.7. The fraction of sp³-hybridized carbons (Fsp3) is 0.656. The molecule has 3 heterocycles. The molecule has 11 nitrogen and oxygen atoms in total. The Morgan fingerprint density at radius 3 is 2.47 bits per heavy atom. The maximum Gasteiger partial charge on any atom is 0.313 e. The summed E-state index contributed by atoms with van der Waals surface area (Å²) in [6, 6.07) is 5.51. The number of fused-ring (bicyclic) bond motifs is 3. The van der Waals surface area contributed by atoms with Crippen LogP contribution in [-0.2, 0) is 35.3 Å². The number of anilines is 1. The number of benzene rings is 1. The largest absolute Gasteiger partial charge is 0.448 e. The zero-order chi connectivity index (χ0) is 31.2. The Labute approximate surface area is 253 Å². The van der Waals surface area contributed by atoms with Crippen LogP contribution >= 0.6 is 0 Å². The number of esters is 1. The molecule has 3 unspecified atom stereocenters. The molecule has 11 heteroatoms. The van der Waals surface area contributed by atoms with Crippen molar-refractivity contribution in [2.24, 2.45) is 10.8 Å². The Hall–Kier alpha value is -3.47. The van der Waals surface area contributed by atoms with Crippen LogP contribution in [-0.4, -0.2) is 71.3 Å². The number of rotatable bonds is 8. The van der Waals surface area contributed by atoms with Gasteiger partial charge in [-0.1, -0.05) is 38.8 Å². The predicted molar refractivity (Wildman–Crippen MR) is 159 cm³/mol. The Morgan fingerprint density at radius 1 is 1.05 bits per heavy atom. The van der Waals surface area contributed by atoms with Gasteiger partial charge in [0.05, 0.1) is 11.5 Å². The lowest BCUT2D eigenvalue weighted by molar-refractivity contribution is -0.165. The van der Waals surface area contributed by atoms with Crippen LogP contribution < -0.4 is 21.3 Å². The van der Waals surface area contributed by atoms with Crippen molar-refractivity contribution in [2.75, 3.05) is 12.4 Å². The van der Waals surface area contributed by atoms with Crippen LogP contribution in [0.3, 0.4) is 0 Å². The summed E-state index contributed by atoms with van der Waals surface area (Å²) >= 11 is 0. The molecule has 6 atom stereocenters. The molecule has 0 radical (unpaired) electrons. The fourth-order valence-electron chi connectivity index (χ4n) is 7.40. The average molecular weight is 596 g/mol. The monoisotopic (exact) mass is 595 g/mol. The summed E-state index contributed by atoms with van der Waals surface area (Å²) in [5, 5.41) is 11.7. The normalized spacial score (nSPS) is 31.8. The fourth-order valence-corrected chi connectivity index (χ4v) is 7.40. The van der Waals surface area contributed by atoms with Crippen molar-refractivity contribution >= 4 is 35.3 Å². The first-order valence-electron chi connectivity index (χ1n) is 15.6. The molecule has 4 N–H and O–H groups in total. The van der Waals surface area contributed by atoms with Crippen LogP contribution in [0.1, 0.15) is 84.6 Å². The highest BCUT2D eigenvalue weighted by molar-refractivity contribution is 6.03. The molecule has 3 aliphatic heterocycles. The molecule has 234 valence electrons. The van der Waals surface area contributed by atoms with Gasteiger partial charge in [-0.3, -0.25) is 24.0 Å². The van der Waals surface area contributed by atoms with Gasteiger partial charge >= 0.3 is 5.97 Å². The Bertz CT molecular complexity index is 1310. The standard InChI is InChI=1S/C32H45N5O6/c1-19(33-5)25(38)36-23-12-7-6-11-22-13-14-24(37(22)27(23)40)26(39)34-18-20-9-8-10-21(17-20)35-28(41)32-16-15-31(4,29(42)43-32)30(32,2)3/h8-10,17,19,22-24,33H,6-7,11-16,18H2,1-5H3,(H,34,39)(H,35,41)(H,36,38)/t19-,22-,23?,24?,31+,32?/m0/s1. The van der Waals surface area contributed by atoms with E-state index in [1.54, 1.807) is 37.1 Å². The Morgan fingerprint density at radius 2 is 1.79 bits per heavy atom. The molecule has 4 fully saturated rings. The molecule has 5 rings (SSSR count). The minimum absolute atomic E-state index is 0.0195. The Kier molecular flexibility index (Phi) is 8.32. The maximum atomic E-state index is 13.7. The molecule has 1 aromatic carbocycles. The van der Waals surface area contributed by atoms with Gasteiger partial charge in [-0.25, -0.2) is 0 Å². The van der Waals surface area contributed by atoms with E-state index < -0.39 is 34.6 Å². The van der Waals surface area contributed by atoms with Gasteiger partial charge in [0.25, 0.3) is 5.91 Å². The van der Waals surface area contributed by atoms with E-state index in [0.29, 0.717) is 31.4 Å².